The third-order valence-corrected chi connectivity index (χ3v) is 5.77. The van der Waals surface area contributed by atoms with Crippen molar-refractivity contribution in [3.05, 3.63) is 24.3 Å². The SMILES string of the molecule is CN1C[C@H](C(=O)N2CCN(c3cccc(O)c3)CC2)CC[C@H](N(C)C)C1. The number of amides is 1. The van der Waals surface area contributed by atoms with Crippen LogP contribution in [0.3, 0.4) is 0 Å². The van der Waals surface area contributed by atoms with Gasteiger partial charge in [-0.1, -0.05) is 6.07 Å². The van der Waals surface area contributed by atoms with Gasteiger partial charge in [0, 0.05) is 57.1 Å². The highest BCUT2D eigenvalue weighted by Gasteiger charge is 2.31. The molecule has 0 saturated carbocycles. The number of carbonyl (C=O) groups is 1. The van der Waals surface area contributed by atoms with Gasteiger partial charge in [-0.05, 0) is 46.1 Å². The predicted octanol–water partition coefficient (Wildman–Crippen LogP) is 1.31. The number of anilines is 1. The summed E-state index contributed by atoms with van der Waals surface area (Å²) in [5.41, 5.74) is 1.03. The fourth-order valence-corrected chi connectivity index (χ4v) is 4.14. The molecule has 1 amide bonds. The number of likely N-dealkylation sites (N-methyl/N-ethyl adjacent to an activating group) is 2. The molecule has 0 spiro atoms. The van der Waals surface area contributed by atoms with Crippen LogP contribution in [0.25, 0.3) is 0 Å². The Morgan fingerprint density at radius 1 is 1.12 bits per heavy atom. The lowest BCUT2D eigenvalue weighted by Gasteiger charge is -2.37. The molecule has 1 N–H and O–H groups in total. The minimum Gasteiger partial charge on any atom is -0.508 e. The quantitative estimate of drug-likeness (QED) is 0.881. The van der Waals surface area contributed by atoms with E-state index in [1.54, 1.807) is 12.1 Å². The average Bonchev–Trinajstić information content (AvgIpc) is 2.83. The van der Waals surface area contributed by atoms with Crippen LogP contribution >= 0.6 is 0 Å². The summed E-state index contributed by atoms with van der Waals surface area (Å²) in [7, 11) is 6.38. The van der Waals surface area contributed by atoms with Crippen LogP contribution in [0, 0.1) is 5.92 Å². The Morgan fingerprint density at radius 2 is 1.85 bits per heavy atom. The van der Waals surface area contributed by atoms with Gasteiger partial charge < -0.3 is 24.7 Å². The number of aromatic hydroxyl groups is 1. The summed E-state index contributed by atoms with van der Waals surface area (Å²) in [5, 5.41) is 9.67. The minimum atomic E-state index is 0.109. The second-order valence-electron chi connectivity index (χ2n) is 7.95. The number of rotatable bonds is 3. The summed E-state index contributed by atoms with van der Waals surface area (Å²) in [4.78, 5) is 21.9. The molecular formula is C20H32N4O2. The van der Waals surface area contributed by atoms with Crippen molar-refractivity contribution in [1.82, 2.24) is 14.7 Å². The number of piperazine rings is 1. The second kappa shape index (κ2) is 8.27. The van der Waals surface area contributed by atoms with E-state index in [2.05, 4.69) is 35.8 Å². The molecule has 0 aliphatic carbocycles. The lowest BCUT2D eigenvalue weighted by atomic mass is 9.99. The molecule has 6 nitrogen and oxygen atoms in total. The van der Waals surface area contributed by atoms with Gasteiger partial charge in [0.2, 0.25) is 5.91 Å². The topological polar surface area (TPSA) is 50.3 Å². The van der Waals surface area contributed by atoms with Crippen molar-refractivity contribution >= 4 is 11.6 Å². The Morgan fingerprint density at radius 3 is 2.50 bits per heavy atom. The molecule has 2 atom stereocenters. The van der Waals surface area contributed by atoms with Crippen LogP contribution in [-0.2, 0) is 4.79 Å². The van der Waals surface area contributed by atoms with E-state index in [0.29, 0.717) is 11.9 Å². The van der Waals surface area contributed by atoms with Crippen molar-refractivity contribution in [2.24, 2.45) is 5.92 Å². The van der Waals surface area contributed by atoms with Gasteiger partial charge in [0.15, 0.2) is 0 Å². The molecule has 2 fully saturated rings. The van der Waals surface area contributed by atoms with E-state index in [0.717, 1.165) is 57.8 Å². The standard InChI is InChI=1S/C20H32N4O2/c1-21(2)18-8-7-16(14-22(3)15-18)20(26)24-11-9-23(10-12-24)17-5-4-6-19(25)13-17/h4-6,13,16,18,25H,7-12,14-15H2,1-3H3/t16-,18+/m1/s1. The summed E-state index contributed by atoms with van der Waals surface area (Å²) in [6.45, 7) is 5.03. The molecule has 0 aromatic heterocycles. The Bertz CT molecular complexity index is 614. The van der Waals surface area contributed by atoms with Gasteiger partial charge in [0.05, 0.1) is 5.92 Å². The Kier molecular flexibility index (Phi) is 6.04. The van der Waals surface area contributed by atoms with Gasteiger partial charge in [0.1, 0.15) is 5.75 Å². The molecule has 144 valence electrons. The highest BCUT2D eigenvalue weighted by Crippen LogP contribution is 2.24. The largest absolute Gasteiger partial charge is 0.508 e. The minimum absolute atomic E-state index is 0.109. The van der Waals surface area contributed by atoms with Crippen LogP contribution in [0.1, 0.15) is 12.8 Å². The van der Waals surface area contributed by atoms with Crippen molar-refractivity contribution in [3.8, 4) is 5.75 Å². The molecule has 1 aromatic carbocycles. The zero-order chi connectivity index (χ0) is 18.7. The molecule has 2 heterocycles. The van der Waals surface area contributed by atoms with Gasteiger partial charge >= 0.3 is 0 Å². The van der Waals surface area contributed by atoms with E-state index in [4.69, 9.17) is 0 Å². The van der Waals surface area contributed by atoms with Crippen molar-refractivity contribution in [2.75, 3.05) is 65.3 Å². The zero-order valence-electron chi connectivity index (χ0n) is 16.3. The number of phenolic OH excluding ortho intramolecular Hbond substituents is 1. The second-order valence-corrected chi connectivity index (χ2v) is 7.95. The maximum Gasteiger partial charge on any atom is 0.227 e. The first kappa shape index (κ1) is 19.0. The van der Waals surface area contributed by atoms with Crippen LogP contribution in [0.15, 0.2) is 24.3 Å². The first-order valence-electron chi connectivity index (χ1n) is 9.62. The molecule has 2 aliphatic heterocycles. The van der Waals surface area contributed by atoms with E-state index in [-0.39, 0.29) is 11.7 Å². The van der Waals surface area contributed by atoms with Crippen molar-refractivity contribution < 1.29 is 9.90 Å². The summed E-state index contributed by atoms with van der Waals surface area (Å²) in [6.07, 6.45) is 2.05. The Hall–Kier alpha value is -1.79. The van der Waals surface area contributed by atoms with Crippen molar-refractivity contribution in [1.29, 1.82) is 0 Å². The summed E-state index contributed by atoms with van der Waals surface area (Å²) in [6, 6.07) is 7.88. The molecule has 0 radical (unpaired) electrons. The Labute approximate surface area is 157 Å². The maximum atomic E-state index is 13.1. The van der Waals surface area contributed by atoms with Gasteiger partial charge in [-0.3, -0.25) is 4.79 Å². The van der Waals surface area contributed by atoms with Gasteiger partial charge in [-0.2, -0.15) is 0 Å². The first-order chi connectivity index (χ1) is 12.4. The molecule has 2 aliphatic rings. The molecule has 3 rings (SSSR count). The smallest absolute Gasteiger partial charge is 0.227 e. The molecule has 0 bridgehead atoms. The van der Waals surface area contributed by atoms with Crippen LogP contribution in [-0.4, -0.2) is 92.2 Å². The fraction of sp³-hybridized carbons (Fsp3) is 0.650. The number of hydrogen-bond acceptors (Lipinski definition) is 5. The summed E-state index contributed by atoms with van der Waals surface area (Å²) >= 11 is 0. The summed E-state index contributed by atoms with van der Waals surface area (Å²) in [5.74, 6) is 0.710. The van der Waals surface area contributed by atoms with Crippen molar-refractivity contribution in [2.45, 2.75) is 18.9 Å². The van der Waals surface area contributed by atoms with Crippen LogP contribution in [0.2, 0.25) is 0 Å². The highest BCUT2D eigenvalue weighted by atomic mass is 16.3. The molecule has 1 aromatic rings. The van der Waals surface area contributed by atoms with Gasteiger partial charge in [-0.25, -0.2) is 0 Å². The fourth-order valence-electron chi connectivity index (χ4n) is 4.14. The van der Waals surface area contributed by atoms with Gasteiger partial charge in [0.25, 0.3) is 0 Å². The van der Waals surface area contributed by atoms with Crippen LogP contribution in [0.5, 0.6) is 5.75 Å². The van der Waals surface area contributed by atoms with E-state index < -0.39 is 0 Å². The third-order valence-electron chi connectivity index (χ3n) is 5.77. The third kappa shape index (κ3) is 4.48. The predicted molar refractivity (Wildman–Crippen MR) is 105 cm³/mol. The van der Waals surface area contributed by atoms with E-state index in [9.17, 15) is 9.90 Å². The molecular weight excluding hydrogens is 328 g/mol. The monoisotopic (exact) mass is 360 g/mol. The molecule has 2 saturated heterocycles. The number of benzene rings is 1. The lowest BCUT2D eigenvalue weighted by Crippen LogP contribution is -2.51. The zero-order valence-corrected chi connectivity index (χ0v) is 16.3. The average molecular weight is 361 g/mol. The van der Waals surface area contributed by atoms with Crippen LogP contribution < -0.4 is 4.90 Å². The van der Waals surface area contributed by atoms with Crippen LogP contribution in [0.4, 0.5) is 5.69 Å². The van der Waals surface area contributed by atoms with E-state index in [1.165, 1.54) is 0 Å². The van der Waals surface area contributed by atoms with E-state index in [1.807, 2.05) is 17.0 Å². The first-order valence-corrected chi connectivity index (χ1v) is 9.62. The maximum absolute atomic E-state index is 13.1. The number of phenols is 1. The number of likely N-dealkylation sites (tertiary alicyclic amines) is 1. The van der Waals surface area contributed by atoms with E-state index >= 15 is 0 Å². The molecule has 0 unspecified atom stereocenters. The number of carbonyl (C=O) groups excluding carboxylic acids is 1. The molecule has 26 heavy (non-hydrogen) atoms. The summed E-state index contributed by atoms with van der Waals surface area (Å²) < 4.78 is 0. The number of hydrogen-bond donors (Lipinski definition) is 1. The lowest BCUT2D eigenvalue weighted by molar-refractivity contribution is -0.136. The number of nitrogens with zero attached hydrogens (tertiary/aromatic N) is 4. The van der Waals surface area contributed by atoms with Gasteiger partial charge in [-0.15, -0.1) is 0 Å². The van der Waals surface area contributed by atoms with Crippen molar-refractivity contribution in [3.63, 3.8) is 0 Å². The normalized spacial score (nSPS) is 25.4. The highest BCUT2D eigenvalue weighted by molar-refractivity contribution is 5.79. The molecule has 6 heteroatoms. The Balaban J connectivity index is 1.56.